The fourth-order valence-corrected chi connectivity index (χ4v) is 4.42. The molecular weight excluding hydrogens is 366 g/mol. The molecule has 1 aromatic carbocycles. The summed E-state index contributed by atoms with van der Waals surface area (Å²) in [6.07, 6.45) is 3.21. The van der Waals surface area contributed by atoms with E-state index in [1.165, 1.54) is 0 Å². The molecule has 4 rings (SSSR count). The number of carbonyl (C=O) groups excluding carboxylic acids is 1. The first-order valence-electron chi connectivity index (χ1n) is 10.4. The van der Waals surface area contributed by atoms with Gasteiger partial charge in [0.2, 0.25) is 5.91 Å². The predicted octanol–water partition coefficient (Wildman–Crippen LogP) is 2.59. The number of amides is 1. The van der Waals surface area contributed by atoms with Gasteiger partial charge in [-0.1, -0.05) is 30.3 Å². The summed E-state index contributed by atoms with van der Waals surface area (Å²) in [4.78, 5) is 20.3. The topological polar surface area (TPSA) is 63.7 Å². The number of pyridine rings is 1. The minimum Gasteiger partial charge on any atom is -0.381 e. The van der Waals surface area contributed by atoms with Crippen molar-refractivity contribution >= 4 is 11.7 Å². The molecule has 1 amide bonds. The van der Waals surface area contributed by atoms with Crippen LogP contribution in [0.5, 0.6) is 0 Å². The number of aryl methyl sites for hydroxylation is 1. The highest BCUT2D eigenvalue weighted by Gasteiger charge is 2.42. The van der Waals surface area contributed by atoms with E-state index in [1.807, 2.05) is 30.5 Å². The van der Waals surface area contributed by atoms with Crippen LogP contribution in [0.3, 0.4) is 0 Å². The van der Waals surface area contributed by atoms with E-state index in [0.29, 0.717) is 45.8 Å². The number of carbonyl (C=O) groups is 1. The Bertz CT molecular complexity index is 843. The van der Waals surface area contributed by atoms with E-state index in [9.17, 15) is 4.79 Å². The van der Waals surface area contributed by atoms with Gasteiger partial charge in [-0.05, 0) is 37.0 Å². The average Bonchev–Trinajstić information content (AvgIpc) is 2.79. The summed E-state index contributed by atoms with van der Waals surface area (Å²) in [7, 11) is 0. The van der Waals surface area contributed by atoms with Crippen LogP contribution in [0.1, 0.15) is 29.5 Å². The smallest absolute Gasteiger partial charge is 0.231 e. The minimum atomic E-state index is -0.537. The van der Waals surface area contributed by atoms with Crippen molar-refractivity contribution in [3.63, 3.8) is 0 Å². The van der Waals surface area contributed by atoms with E-state index < -0.39 is 5.41 Å². The minimum absolute atomic E-state index is 0.0758. The average molecular weight is 396 g/mol. The fourth-order valence-electron chi connectivity index (χ4n) is 4.42. The van der Waals surface area contributed by atoms with Gasteiger partial charge < -0.3 is 19.7 Å². The first kappa shape index (κ1) is 19.9. The molecule has 0 spiro atoms. The van der Waals surface area contributed by atoms with Gasteiger partial charge in [-0.25, -0.2) is 4.98 Å². The molecule has 2 saturated heterocycles. The van der Waals surface area contributed by atoms with Crippen LogP contribution in [-0.4, -0.2) is 50.4 Å². The molecular formula is C23H29N3O3. The summed E-state index contributed by atoms with van der Waals surface area (Å²) in [5.41, 5.74) is 2.76. The molecule has 2 aromatic rings. The number of morpholine rings is 1. The van der Waals surface area contributed by atoms with Gasteiger partial charge in [-0.15, -0.1) is 0 Å². The van der Waals surface area contributed by atoms with Crippen molar-refractivity contribution in [3.8, 4) is 0 Å². The molecule has 0 unspecified atom stereocenters. The molecule has 0 bridgehead atoms. The summed E-state index contributed by atoms with van der Waals surface area (Å²) in [6.45, 7) is 6.81. The molecule has 3 heterocycles. The molecule has 2 aliphatic heterocycles. The molecule has 154 valence electrons. The van der Waals surface area contributed by atoms with Crippen LogP contribution in [0.2, 0.25) is 0 Å². The molecule has 2 fully saturated rings. The molecule has 6 heteroatoms. The van der Waals surface area contributed by atoms with Gasteiger partial charge in [-0.2, -0.15) is 0 Å². The fraction of sp³-hybridized carbons (Fsp3) is 0.478. The zero-order valence-electron chi connectivity index (χ0n) is 17.0. The van der Waals surface area contributed by atoms with Crippen LogP contribution < -0.4 is 10.2 Å². The maximum atomic E-state index is 13.5. The second-order valence-corrected chi connectivity index (χ2v) is 7.78. The second-order valence-electron chi connectivity index (χ2n) is 7.78. The predicted molar refractivity (Wildman–Crippen MR) is 112 cm³/mol. The maximum Gasteiger partial charge on any atom is 0.231 e. The zero-order valence-corrected chi connectivity index (χ0v) is 17.0. The molecule has 6 nitrogen and oxygen atoms in total. The van der Waals surface area contributed by atoms with Gasteiger partial charge in [0.1, 0.15) is 5.82 Å². The maximum absolute atomic E-state index is 13.5. The first-order valence-corrected chi connectivity index (χ1v) is 10.4. The van der Waals surface area contributed by atoms with Crippen molar-refractivity contribution in [2.24, 2.45) is 0 Å². The van der Waals surface area contributed by atoms with Gasteiger partial charge in [-0.3, -0.25) is 4.79 Å². The summed E-state index contributed by atoms with van der Waals surface area (Å²) >= 11 is 0. The lowest BCUT2D eigenvalue weighted by molar-refractivity contribution is -0.130. The highest BCUT2D eigenvalue weighted by molar-refractivity contribution is 5.89. The number of nitrogens with zero attached hydrogens (tertiary/aromatic N) is 2. The van der Waals surface area contributed by atoms with Crippen molar-refractivity contribution in [2.75, 3.05) is 44.4 Å². The molecule has 0 aliphatic carbocycles. The number of hydrogen-bond acceptors (Lipinski definition) is 5. The molecule has 29 heavy (non-hydrogen) atoms. The Kier molecular flexibility index (Phi) is 6.11. The summed E-state index contributed by atoms with van der Waals surface area (Å²) < 4.78 is 11.1. The number of hydrogen-bond donors (Lipinski definition) is 1. The molecule has 1 N–H and O–H groups in total. The molecule has 0 atom stereocenters. The van der Waals surface area contributed by atoms with Crippen molar-refractivity contribution in [1.82, 2.24) is 10.3 Å². The third kappa shape index (κ3) is 4.14. The highest BCUT2D eigenvalue weighted by Crippen LogP contribution is 2.37. The Hall–Kier alpha value is -2.44. The quantitative estimate of drug-likeness (QED) is 0.843. The monoisotopic (exact) mass is 395 g/mol. The summed E-state index contributed by atoms with van der Waals surface area (Å²) in [5, 5.41) is 3.22. The summed E-state index contributed by atoms with van der Waals surface area (Å²) in [5.74, 6) is 1.01. The highest BCUT2D eigenvalue weighted by atomic mass is 16.5. The van der Waals surface area contributed by atoms with Crippen molar-refractivity contribution in [3.05, 3.63) is 59.3 Å². The van der Waals surface area contributed by atoms with Gasteiger partial charge >= 0.3 is 0 Å². The zero-order chi connectivity index (χ0) is 20.1. The summed E-state index contributed by atoms with van der Waals surface area (Å²) in [6, 6.07) is 12.2. The van der Waals surface area contributed by atoms with E-state index in [2.05, 4.69) is 34.3 Å². The number of nitrogens with one attached hydrogen (secondary N) is 1. The third-order valence-electron chi connectivity index (χ3n) is 6.06. The number of benzene rings is 1. The number of rotatable bonds is 5. The Morgan fingerprint density at radius 1 is 1.07 bits per heavy atom. The standard InChI is InChI=1S/C23H29N3O3/c1-18-5-2-3-7-20(18)23(8-13-28-14-9-23)22(27)25-17-19-6-4-10-24-21(19)26-11-15-29-16-12-26/h2-7,10H,8-9,11-17H2,1H3,(H,25,27). The first-order chi connectivity index (χ1) is 14.2. The van der Waals surface area contributed by atoms with Crippen LogP contribution in [0.4, 0.5) is 5.82 Å². The second kappa shape index (κ2) is 8.93. The Balaban J connectivity index is 1.55. The van der Waals surface area contributed by atoms with E-state index in [1.54, 1.807) is 0 Å². The van der Waals surface area contributed by atoms with E-state index >= 15 is 0 Å². The molecule has 0 saturated carbocycles. The van der Waals surface area contributed by atoms with Gasteiger partial charge in [0.15, 0.2) is 0 Å². The van der Waals surface area contributed by atoms with Crippen LogP contribution in [0.25, 0.3) is 0 Å². The number of aromatic nitrogens is 1. The van der Waals surface area contributed by atoms with Gasteiger partial charge in [0, 0.05) is 44.6 Å². The van der Waals surface area contributed by atoms with Crippen molar-refractivity contribution in [2.45, 2.75) is 31.7 Å². The number of anilines is 1. The van der Waals surface area contributed by atoms with E-state index in [-0.39, 0.29) is 5.91 Å². The lowest BCUT2D eigenvalue weighted by Gasteiger charge is -2.37. The molecule has 1 aromatic heterocycles. The lowest BCUT2D eigenvalue weighted by Crippen LogP contribution is -2.48. The van der Waals surface area contributed by atoms with Crippen LogP contribution >= 0.6 is 0 Å². The lowest BCUT2D eigenvalue weighted by atomic mass is 9.71. The van der Waals surface area contributed by atoms with Crippen LogP contribution in [-0.2, 0) is 26.2 Å². The third-order valence-corrected chi connectivity index (χ3v) is 6.06. The largest absolute Gasteiger partial charge is 0.381 e. The van der Waals surface area contributed by atoms with Gasteiger partial charge in [0.25, 0.3) is 0 Å². The van der Waals surface area contributed by atoms with Gasteiger partial charge in [0.05, 0.1) is 18.6 Å². The van der Waals surface area contributed by atoms with E-state index in [4.69, 9.17) is 9.47 Å². The Morgan fingerprint density at radius 2 is 1.79 bits per heavy atom. The van der Waals surface area contributed by atoms with Crippen molar-refractivity contribution < 1.29 is 14.3 Å². The van der Waals surface area contributed by atoms with Crippen LogP contribution in [0, 0.1) is 6.92 Å². The SMILES string of the molecule is Cc1ccccc1C1(C(=O)NCc2cccnc2N2CCOCC2)CCOCC1. The molecule has 0 radical (unpaired) electrons. The van der Waals surface area contributed by atoms with Crippen LogP contribution in [0.15, 0.2) is 42.6 Å². The van der Waals surface area contributed by atoms with E-state index in [0.717, 1.165) is 35.6 Å². The number of ether oxygens (including phenoxy) is 2. The Labute approximate surface area is 172 Å². The normalized spacial score (nSPS) is 19.0. The Morgan fingerprint density at radius 3 is 2.55 bits per heavy atom. The van der Waals surface area contributed by atoms with Crippen molar-refractivity contribution in [1.29, 1.82) is 0 Å². The molecule has 2 aliphatic rings.